The van der Waals surface area contributed by atoms with E-state index in [9.17, 15) is 9.59 Å². The summed E-state index contributed by atoms with van der Waals surface area (Å²) >= 11 is 3.44. The molecular formula is C22H23BrN2O3. The van der Waals surface area contributed by atoms with Crippen LogP contribution in [0.4, 0.5) is 5.69 Å². The van der Waals surface area contributed by atoms with Crippen LogP contribution in [0.2, 0.25) is 0 Å². The second-order valence-electron chi connectivity index (χ2n) is 7.28. The molecule has 0 fully saturated rings. The average Bonchev–Trinajstić information content (AvgIpc) is 2.97. The Morgan fingerprint density at radius 3 is 2.50 bits per heavy atom. The summed E-state index contributed by atoms with van der Waals surface area (Å²) in [5.74, 6) is 0.237. The van der Waals surface area contributed by atoms with E-state index in [-0.39, 0.29) is 17.6 Å². The fraction of sp³-hybridized carbons (Fsp3) is 0.273. The Kier molecular flexibility index (Phi) is 5.89. The Labute approximate surface area is 172 Å². The molecule has 2 aromatic carbocycles. The van der Waals surface area contributed by atoms with E-state index in [4.69, 9.17) is 4.42 Å². The van der Waals surface area contributed by atoms with E-state index < -0.39 is 0 Å². The smallest absolute Gasteiger partial charge is 0.291 e. The van der Waals surface area contributed by atoms with E-state index in [1.165, 1.54) is 0 Å². The number of nitrogens with one attached hydrogen (secondary N) is 2. The molecule has 0 aliphatic carbocycles. The molecule has 0 spiro atoms. The number of carbonyl (C=O) groups is 2. The minimum atomic E-state index is -0.315. The number of amides is 2. The lowest BCUT2D eigenvalue weighted by atomic mass is 10.1. The predicted molar refractivity (Wildman–Crippen MR) is 115 cm³/mol. The van der Waals surface area contributed by atoms with Crippen molar-refractivity contribution in [3.8, 4) is 0 Å². The molecule has 5 nitrogen and oxygen atoms in total. The molecule has 3 aromatic rings. The normalized spacial score (nSPS) is 11.1. The molecule has 28 heavy (non-hydrogen) atoms. The van der Waals surface area contributed by atoms with Crippen LogP contribution in [0.15, 0.2) is 45.3 Å². The monoisotopic (exact) mass is 442 g/mol. The van der Waals surface area contributed by atoms with Crippen LogP contribution in [0.25, 0.3) is 11.0 Å². The van der Waals surface area contributed by atoms with Crippen molar-refractivity contribution in [2.45, 2.75) is 27.7 Å². The molecule has 0 atom stereocenters. The molecule has 2 N–H and O–H groups in total. The van der Waals surface area contributed by atoms with Gasteiger partial charge in [0.05, 0.1) is 0 Å². The summed E-state index contributed by atoms with van der Waals surface area (Å²) in [6.45, 7) is 8.43. The summed E-state index contributed by atoms with van der Waals surface area (Å²) in [6, 6.07) is 10.9. The van der Waals surface area contributed by atoms with Gasteiger partial charge in [-0.2, -0.15) is 0 Å². The maximum atomic E-state index is 12.7. The molecule has 3 rings (SSSR count). The van der Waals surface area contributed by atoms with Crippen molar-refractivity contribution in [2.24, 2.45) is 5.92 Å². The molecule has 146 valence electrons. The highest BCUT2D eigenvalue weighted by atomic mass is 79.9. The zero-order valence-electron chi connectivity index (χ0n) is 16.4. The fourth-order valence-corrected chi connectivity index (χ4v) is 3.29. The molecule has 0 saturated heterocycles. The van der Waals surface area contributed by atoms with Crippen LogP contribution in [-0.4, -0.2) is 18.4 Å². The first-order chi connectivity index (χ1) is 13.3. The van der Waals surface area contributed by atoms with Crippen LogP contribution < -0.4 is 10.6 Å². The van der Waals surface area contributed by atoms with Crippen LogP contribution in [0.5, 0.6) is 0 Å². The molecule has 2 amide bonds. The van der Waals surface area contributed by atoms with E-state index in [1.54, 1.807) is 18.2 Å². The minimum absolute atomic E-state index is 0.117. The third-order valence-electron chi connectivity index (χ3n) is 4.51. The highest BCUT2D eigenvalue weighted by molar-refractivity contribution is 9.10. The number of halogens is 1. The highest BCUT2D eigenvalue weighted by Crippen LogP contribution is 2.29. The summed E-state index contributed by atoms with van der Waals surface area (Å²) in [7, 11) is 0. The highest BCUT2D eigenvalue weighted by Gasteiger charge is 2.19. The molecule has 0 saturated carbocycles. The Bertz CT molecular complexity index is 1050. The van der Waals surface area contributed by atoms with Crippen LogP contribution in [0.3, 0.4) is 0 Å². The molecule has 0 aliphatic heterocycles. The lowest BCUT2D eigenvalue weighted by molar-refractivity contribution is 0.0948. The third-order valence-corrected chi connectivity index (χ3v) is 5.01. The molecule has 0 unspecified atom stereocenters. The van der Waals surface area contributed by atoms with Crippen molar-refractivity contribution >= 4 is 44.4 Å². The Balaban J connectivity index is 1.79. The first kappa shape index (κ1) is 20.1. The van der Waals surface area contributed by atoms with Gasteiger partial charge in [0.2, 0.25) is 0 Å². The van der Waals surface area contributed by atoms with Gasteiger partial charge in [-0.1, -0.05) is 29.8 Å². The van der Waals surface area contributed by atoms with Crippen molar-refractivity contribution in [1.82, 2.24) is 5.32 Å². The van der Waals surface area contributed by atoms with Gasteiger partial charge in [-0.25, -0.2) is 0 Å². The summed E-state index contributed by atoms with van der Waals surface area (Å²) in [4.78, 5) is 25.0. The number of hydrogen-bond donors (Lipinski definition) is 2. The van der Waals surface area contributed by atoms with Gasteiger partial charge in [0, 0.05) is 33.2 Å². The number of fused-ring (bicyclic) bond motifs is 1. The summed E-state index contributed by atoms with van der Waals surface area (Å²) < 4.78 is 6.68. The molecule has 0 aliphatic rings. The Morgan fingerprint density at radius 2 is 1.82 bits per heavy atom. The molecular weight excluding hydrogens is 420 g/mol. The van der Waals surface area contributed by atoms with Crippen molar-refractivity contribution in [1.29, 1.82) is 0 Å². The van der Waals surface area contributed by atoms with E-state index in [0.717, 1.165) is 21.0 Å². The Morgan fingerprint density at radius 1 is 1.07 bits per heavy atom. The van der Waals surface area contributed by atoms with Crippen LogP contribution in [-0.2, 0) is 0 Å². The fourth-order valence-electron chi connectivity index (χ4n) is 2.93. The summed E-state index contributed by atoms with van der Waals surface area (Å²) in [5.41, 5.74) is 3.48. The second kappa shape index (κ2) is 8.19. The minimum Gasteiger partial charge on any atom is -0.451 e. The van der Waals surface area contributed by atoms with E-state index in [2.05, 4.69) is 26.6 Å². The van der Waals surface area contributed by atoms with Gasteiger partial charge >= 0.3 is 0 Å². The van der Waals surface area contributed by atoms with Crippen LogP contribution >= 0.6 is 15.9 Å². The second-order valence-corrected chi connectivity index (χ2v) is 8.20. The number of rotatable bonds is 5. The zero-order valence-corrected chi connectivity index (χ0v) is 17.9. The molecule has 1 aromatic heterocycles. The predicted octanol–water partition coefficient (Wildman–Crippen LogP) is 5.45. The number of furan rings is 1. The molecule has 0 bridgehead atoms. The van der Waals surface area contributed by atoms with Crippen LogP contribution in [0, 0.1) is 19.8 Å². The summed E-state index contributed by atoms with van der Waals surface area (Å²) in [6.07, 6.45) is 0. The number of anilines is 1. The number of carbonyl (C=O) groups excluding carboxylic acids is 2. The van der Waals surface area contributed by atoms with Crippen molar-refractivity contribution in [3.05, 3.63) is 63.3 Å². The zero-order chi connectivity index (χ0) is 20.4. The summed E-state index contributed by atoms with van der Waals surface area (Å²) in [5, 5.41) is 6.67. The maximum Gasteiger partial charge on any atom is 0.291 e. The van der Waals surface area contributed by atoms with Gasteiger partial charge in [0.15, 0.2) is 5.76 Å². The average molecular weight is 443 g/mol. The van der Waals surface area contributed by atoms with Crippen molar-refractivity contribution < 1.29 is 14.0 Å². The number of benzene rings is 2. The standard InChI is InChI=1S/C22H23BrN2O3/c1-12(2)11-24-21(26)15-5-7-18(13(3)9-15)25-22(27)20-14(4)17-10-16(23)6-8-19(17)28-20/h5-10,12H,11H2,1-4H3,(H,24,26)(H,25,27). The lowest BCUT2D eigenvalue weighted by Gasteiger charge is -2.11. The quantitative estimate of drug-likeness (QED) is 0.551. The van der Waals surface area contributed by atoms with Crippen LogP contribution in [0.1, 0.15) is 45.9 Å². The molecule has 6 heteroatoms. The van der Waals surface area contributed by atoms with Gasteiger partial charge in [-0.15, -0.1) is 0 Å². The number of aryl methyl sites for hydroxylation is 2. The first-order valence-electron chi connectivity index (χ1n) is 9.15. The van der Waals surface area contributed by atoms with E-state index >= 15 is 0 Å². The third kappa shape index (κ3) is 4.28. The van der Waals surface area contributed by atoms with Gasteiger partial charge < -0.3 is 15.1 Å². The van der Waals surface area contributed by atoms with E-state index in [0.29, 0.717) is 29.3 Å². The molecule has 1 heterocycles. The maximum absolute atomic E-state index is 12.7. The van der Waals surface area contributed by atoms with Crippen molar-refractivity contribution in [2.75, 3.05) is 11.9 Å². The van der Waals surface area contributed by atoms with Gasteiger partial charge in [0.25, 0.3) is 11.8 Å². The van der Waals surface area contributed by atoms with Crippen molar-refractivity contribution in [3.63, 3.8) is 0 Å². The van der Waals surface area contributed by atoms with Gasteiger partial charge in [-0.3, -0.25) is 9.59 Å². The number of hydrogen-bond acceptors (Lipinski definition) is 3. The topological polar surface area (TPSA) is 71.3 Å². The van der Waals surface area contributed by atoms with E-state index in [1.807, 2.05) is 45.9 Å². The largest absolute Gasteiger partial charge is 0.451 e. The molecule has 0 radical (unpaired) electrons. The van der Waals surface area contributed by atoms with Gasteiger partial charge in [0.1, 0.15) is 5.58 Å². The SMILES string of the molecule is Cc1cc(C(=O)NCC(C)C)ccc1NC(=O)c1oc2ccc(Br)cc2c1C. The van der Waals surface area contributed by atoms with Gasteiger partial charge in [-0.05, 0) is 61.7 Å². The lowest BCUT2D eigenvalue weighted by Crippen LogP contribution is -2.27. The Hall–Kier alpha value is -2.60. The first-order valence-corrected chi connectivity index (χ1v) is 9.94.